The van der Waals surface area contributed by atoms with Crippen LogP contribution in [-0.4, -0.2) is 9.97 Å². The van der Waals surface area contributed by atoms with Gasteiger partial charge in [0.1, 0.15) is 8.83 Å². The molecule has 0 saturated heterocycles. The van der Waals surface area contributed by atoms with Crippen LogP contribution in [0, 0.1) is 17.0 Å². The number of nitrogens with zero attached hydrogens (tertiary/aromatic N) is 2. The number of hydrogen-bond donors (Lipinski definition) is 0. The normalized spacial score (nSPS) is 11.0. The summed E-state index contributed by atoms with van der Waals surface area (Å²) in [6, 6.07) is 4.17. The zero-order chi connectivity index (χ0) is 12.7. The first kappa shape index (κ1) is 11.9. The molecule has 3 aromatic rings. The molecule has 0 aliphatic carbocycles. The molecule has 0 amide bonds. The van der Waals surface area contributed by atoms with Crippen LogP contribution < -0.4 is 0 Å². The van der Waals surface area contributed by atoms with Crippen molar-refractivity contribution in [2.24, 2.45) is 0 Å². The van der Waals surface area contributed by atoms with Crippen molar-refractivity contribution in [3.05, 3.63) is 38.0 Å². The Bertz CT molecular complexity index is 786. The summed E-state index contributed by atoms with van der Waals surface area (Å²) >= 11 is 8.32. The van der Waals surface area contributed by atoms with Gasteiger partial charge in [0, 0.05) is 5.38 Å². The van der Waals surface area contributed by atoms with E-state index in [0.29, 0.717) is 0 Å². The Balaban J connectivity index is 2.22. The van der Waals surface area contributed by atoms with E-state index in [1.165, 1.54) is 11.1 Å². The summed E-state index contributed by atoms with van der Waals surface area (Å²) in [6.45, 7) is 4.19. The van der Waals surface area contributed by atoms with Crippen LogP contribution in [0.1, 0.15) is 11.1 Å². The maximum Gasteiger partial charge on any atom is 0.144 e. The van der Waals surface area contributed by atoms with Gasteiger partial charge in [0.25, 0.3) is 0 Å². The van der Waals surface area contributed by atoms with Crippen LogP contribution in [0.5, 0.6) is 0 Å². The van der Waals surface area contributed by atoms with Gasteiger partial charge in [0.15, 0.2) is 0 Å². The minimum atomic E-state index is 0.906. The fourth-order valence-corrected chi connectivity index (χ4v) is 3.80. The molecule has 3 rings (SSSR count). The van der Waals surface area contributed by atoms with Crippen molar-refractivity contribution in [1.29, 1.82) is 0 Å². The van der Waals surface area contributed by atoms with Crippen molar-refractivity contribution >= 4 is 45.9 Å². The maximum absolute atomic E-state index is 5.16. The zero-order valence-corrected chi connectivity index (χ0v) is 12.4. The Labute approximate surface area is 118 Å². The maximum atomic E-state index is 5.16. The van der Waals surface area contributed by atoms with Crippen molar-refractivity contribution < 1.29 is 0 Å². The Hall–Kier alpha value is -1.17. The summed E-state index contributed by atoms with van der Waals surface area (Å²) in [4.78, 5) is 10.2. The van der Waals surface area contributed by atoms with Crippen LogP contribution in [0.3, 0.4) is 0 Å². The molecule has 0 saturated carbocycles. The summed E-state index contributed by atoms with van der Waals surface area (Å²) in [5.41, 5.74) is 5.28. The molecule has 0 bridgehead atoms. The van der Waals surface area contributed by atoms with E-state index in [0.717, 1.165) is 24.7 Å². The van der Waals surface area contributed by atoms with Crippen LogP contribution in [-0.2, 0) is 0 Å². The Morgan fingerprint density at radius 2 is 1.83 bits per heavy atom. The average Bonchev–Trinajstić information content (AvgIpc) is 2.77. The van der Waals surface area contributed by atoms with E-state index in [-0.39, 0.29) is 0 Å². The minimum Gasteiger partial charge on any atom is -0.252 e. The van der Waals surface area contributed by atoms with Crippen LogP contribution in [0.15, 0.2) is 23.7 Å². The van der Waals surface area contributed by atoms with E-state index < -0.39 is 0 Å². The van der Waals surface area contributed by atoms with Gasteiger partial charge in [-0.15, -0.1) is 22.7 Å². The standard InChI is InChI=1S/C13H10N2S3/c1-7-3-9-10(4-8(7)2)15-11(5-14-9)12-6-17-13(16)18-12/h3-6H,1-2H3. The molecule has 90 valence electrons. The van der Waals surface area contributed by atoms with E-state index in [2.05, 4.69) is 35.9 Å². The molecule has 0 N–H and O–H groups in total. The van der Waals surface area contributed by atoms with Gasteiger partial charge in [-0.1, -0.05) is 12.2 Å². The second kappa shape index (κ2) is 4.50. The molecule has 1 aromatic carbocycles. The number of benzene rings is 1. The summed E-state index contributed by atoms with van der Waals surface area (Å²) in [7, 11) is 0. The van der Waals surface area contributed by atoms with Gasteiger partial charge in [0.05, 0.1) is 22.1 Å². The lowest BCUT2D eigenvalue weighted by Gasteiger charge is -2.04. The third-order valence-corrected chi connectivity index (χ3v) is 5.35. The van der Waals surface area contributed by atoms with Gasteiger partial charge in [0.2, 0.25) is 0 Å². The first-order valence-electron chi connectivity index (χ1n) is 5.46. The number of rotatable bonds is 1. The van der Waals surface area contributed by atoms with E-state index in [1.807, 2.05) is 11.6 Å². The zero-order valence-electron chi connectivity index (χ0n) is 9.93. The van der Waals surface area contributed by atoms with E-state index in [9.17, 15) is 0 Å². The lowest BCUT2D eigenvalue weighted by atomic mass is 10.1. The Morgan fingerprint density at radius 1 is 1.11 bits per heavy atom. The Kier molecular flexibility index (Phi) is 2.97. The molecule has 18 heavy (non-hydrogen) atoms. The van der Waals surface area contributed by atoms with E-state index in [1.54, 1.807) is 22.7 Å². The van der Waals surface area contributed by atoms with Crippen LogP contribution in [0.4, 0.5) is 0 Å². The second-order valence-electron chi connectivity index (χ2n) is 4.13. The molecule has 0 aliphatic rings. The van der Waals surface area contributed by atoms with Gasteiger partial charge in [-0.25, -0.2) is 4.98 Å². The third-order valence-electron chi connectivity index (χ3n) is 2.87. The lowest BCUT2D eigenvalue weighted by Crippen LogP contribution is -1.90. The van der Waals surface area contributed by atoms with Gasteiger partial charge in [-0.2, -0.15) is 0 Å². The predicted molar refractivity (Wildman–Crippen MR) is 81.0 cm³/mol. The highest BCUT2D eigenvalue weighted by Crippen LogP contribution is 2.28. The Morgan fingerprint density at radius 3 is 2.50 bits per heavy atom. The summed E-state index contributed by atoms with van der Waals surface area (Å²) in [5.74, 6) is 0. The minimum absolute atomic E-state index is 0.906. The monoisotopic (exact) mass is 290 g/mol. The molecule has 0 unspecified atom stereocenters. The first-order valence-corrected chi connectivity index (χ1v) is 7.57. The van der Waals surface area contributed by atoms with Crippen LogP contribution >= 0.6 is 34.9 Å². The molecule has 5 heteroatoms. The lowest BCUT2D eigenvalue weighted by molar-refractivity contribution is 1.27. The van der Waals surface area contributed by atoms with E-state index >= 15 is 0 Å². The van der Waals surface area contributed by atoms with Crippen molar-refractivity contribution in [2.45, 2.75) is 13.8 Å². The predicted octanol–water partition coefficient (Wildman–Crippen LogP) is 4.77. The van der Waals surface area contributed by atoms with Gasteiger partial charge < -0.3 is 0 Å². The fourth-order valence-electron chi connectivity index (χ4n) is 1.74. The highest BCUT2D eigenvalue weighted by Gasteiger charge is 2.06. The van der Waals surface area contributed by atoms with Gasteiger partial charge >= 0.3 is 0 Å². The quantitative estimate of drug-likeness (QED) is 0.604. The SMILES string of the molecule is Cc1cc2ncc(-c3csc(=S)s3)nc2cc1C. The smallest absolute Gasteiger partial charge is 0.144 e. The summed E-state index contributed by atoms with van der Waals surface area (Å²) in [5, 5.41) is 2.05. The summed E-state index contributed by atoms with van der Waals surface area (Å²) in [6.07, 6.45) is 1.82. The molecular weight excluding hydrogens is 280 g/mol. The number of fused-ring (bicyclic) bond motifs is 1. The first-order chi connectivity index (χ1) is 8.63. The fraction of sp³-hybridized carbons (Fsp3) is 0.154. The molecule has 0 fully saturated rings. The van der Waals surface area contributed by atoms with Crippen molar-refractivity contribution in [2.75, 3.05) is 0 Å². The van der Waals surface area contributed by atoms with Gasteiger partial charge in [-0.05, 0) is 37.1 Å². The molecule has 0 spiro atoms. The number of hydrogen-bond acceptors (Lipinski definition) is 5. The molecule has 2 nitrogen and oxygen atoms in total. The molecular formula is C13H10N2S3. The molecule has 0 radical (unpaired) electrons. The largest absolute Gasteiger partial charge is 0.252 e. The molecule has 2 aromatic heterocycles. The number of aryl methyl sites for hydroxylation is 2. The highest BCUT2D eigenvalue weighted by molar-refractivity contribution is 7.76. The molecule has 0 aliphatic heterocycles. The van der Waals surface area contributed by atoms with Crippen LogP contribution in [0.25, 0.3) is 21.6 Å². The van der Waals surface area contributed by atoms with Crippen LogP contribution in [0.2, 0.25) is 0 Å². The van der Waals surface area contributed by atoms with Crippen molar-refractivity contribution in [3.63, 3.8) is 0 Å². The van der Waals surface area contributed by atoms with Crippen molar-refractivity contribution in [1.82, 2.24) is 9.97 Å². The topological polar surface area (TPSA) is 25.8 Å². The van der Waals surface area contributed by atoms with Gasteiger partial charge in [-0.3, -0.25) is 4.98 Å². The molecule has 2 heterocycles. The average molecular weight is 290 g/mol. The van der Waals surface area contributed by atoms with E-state index in [4.69, 9.17) is 12.2 Å². The molecule has 0 atom stereocenters. The number of aromatic nitrogens is 2. The summed E-state index contributed by atoms with van der Waals surface area (Å²) < 4.78 is 0.923. The second-order valence-corrected chi connectivity index (χ2v) is 7.25. The third kappa shape index (κ3) is 2.09. The highest BCUT2D eigenvalue weighted by atomic mass is 32.2. The van der Waals surface area contributed by atoms with Crippen molar-refractivity contribution in [3.8, 4) is 10.6 Å².